The normalized spacial score (nSPS) is 13.8. The Bertz CT molecular complexity index is 3790. The second-order valence-corrected chi connectivity index (χ2v) is 20.9. The van der Waals surface area contributed by atoms with Crippen LogP contribution in [-0.2, 0) is 10.8 Å². The first kappa shape index (κ1) is 46.5. The van der Waals surface area contributed by atoms with E-state index in [-0.39, 0.29) is 10.8 Å². The Morgan fingerprint density at radius 1 is 0.321 bits per heavy atom. The van der Waals surface area contributed by atoms with E-state index in [1.54, 1.807) is 24.8 Å². The van der Waals surface area contributed by atoms with Gasteiger partial charge in [-0.25, -0.2) is 19.9 Å². The van der Waals surface area contributed by atoms with E-state index in [9.17, 15) is 0 Å². The molecule has 0 unspecified atom stereocenters. The molecule has 0 radical (unpaired) electrons. The van der Waals surface area contributed by atoms with Crippen molar-refractivity contribution in [3.63, 3.8) is 0 Å². The number of rotatable bonds is 8. The summed E-state index contributed by atoms with van der Waals surface area (Å²) in [6.45, 7) is 9.25. The molecule has 372 valence electrons. The first-order valence-electron chi connectivity index (χ1n) is 26.2. The lowest BCUT2D eigenvalue weighted by Crippen LogP contribution is -2.30. The summed E-state index contributed by atoms with van der Waals surface area (Å²) < 4.78 is 0. The van der Waals surface area contributed by atoms with Gasteiger partial charge in [0, 0.05) is 81.6 Å². The molecule has 6 aromatic heterocycles. The van der Waals surface area contributed by atoms with Crippen LogP contribution in [0.2, 0.25) is 0 Å². The lowest BCUT2D eigenvalue weighted by Gasteiger charge is -2.42. The van der Waals surface area contributed by atoms with Crippen LogP contribution >= 0.6 is 0 Å². The molecule has 10 nitrogen and oxygen atoms in total. The number of aromatic nitrogens is 8. The number of pyridine rings is 4. The Balaban J connectivity index is 1.15. The van der Waals surface area contributed by atoms with Gasteiger partial charge >= 0.3 is 0 Å². The van der Waals surface area contributed by atoms with Crippen LogP contribution in [-0.4, -0.2) is 39.9 Å². The number of para-hydroxylation sites is 4. The first-order valence-corrected chi connectivity index (χ1v) is 26.2. The highest BCUT2D eigenvalue weighted by atomic mass is 15.2. The van der Waals surface area contributed by atoms with Gasteiger partial charge in [0.15, 0.2) is 11.6 Å². The number of benzene rings is 6. The molecule has 8 heterocycles. The average molecular weight is 1010 g/mol. The standard InChI is InChI=1S/C68H50N10/c1-67(2)51-21-5-9-27-61(51)77(62-28-10-6-22-52(62)67)45-35-47-48(49(37-45)65-73-57(43-19-17-31-69-41-43)39-59(75-65)55-25-13-15-33-71-55)36-46(78-63-29-11-7-23-53(63)68(3,4)54-24-8-12-30-64(54)78)38-50(47)66-74-58(44-20-18-32-70-42-44)40-60(76-66)56-26-14-16-34-72-56/h5-42H,1-4H3. The molecule has 78 heavy (non-hydrogen) atoms. The van der Waals surface area contributed by atoms with Gasteiger partial charge in [0.05, 0.1) is 56.9 Å². The molecule has 0 aliphatic carbocycles. The lowest BCUT2D eigenvalue weighted by atomic mass is 9.73. The van der Waals surface area contributed by atoms with Crippen LogP contribution < -0.4 is 9.80 Å². The van der Waals surface area contributed by atoms with Crippen LogP contribution in [0.5, 0.6) is 0 Å². The molecule has 2 aliphatic rings. The SMILES string of the molecule is CC1(C)c2ccccc2N(c2cc(-c3nc(-c4cccnc4)cc(-c4ccccn4)n3)c3cc(N4c5ccccc5C(C)(C)c5ccccc54)cc(-c4nc(-c5cccnc5)cc(-c5ccccn5)n4)c3c2)c2ccccc21. The molecule has 2 aliphatic heterocycles. The summed E-state index contributed by atoms with van der Waals surface area (Å²) in [5.74, 6) is 1.04. The van der Waals surface area contributed by atoms with E-state index >= 15 is 0 Å². The number of anilines is 6. The van der Waals surface area contributed by atoms with Crippen LogP contribution in [0.1, 0.15) is 49.9 Å². The lowest BCUT2D eigenvalue weighted by molar-refractivity contribution is 0.631. The molecule has 0 spiro atoms. The van der Waals surface area contributed by atoms with E-state index in [2.05, 4.69) is 169 Å². The molecule has 0 saturated heterocycles. The number of nitrogens with zero attached hydrogens (tertiary/aromatic N) is 10. The van der Waals surface area contributed by atoms with E-state index in [4.69, 9.17) is 29.9 Å². The van der Waals surface area contributed by atoms with E-state index in [1.165, 1.54) is 22.3 Å². The van der Waals surface area contributed by atoms with Crippen LogP contribution in [0.15, 0.2) is 231 Å². The van der Waals surface area contributed by atoms with Crippen molar-refractivity contribution in [1.82, 2.24) is 39.9 Å². The molecular weight excluding hydrogens is 957 g/mol. The summed E-state index contributed by atoms with van der Waals surface area (Å²) >= 11 is 0. The fraction of sp³-hybridized carbons (Fsp3) is 0.0882. The van der Waals surface area contributed by atoms with E-state index in [0.717, 1.165) is 78.5 Å². The van der Waals surface area contributed by atoms with Crippen molar-refractivity contribution >= 4 is 44.9 Å². The summed E-state index contributed by atoms with van der Waals surface area (Å²) in [6.07, 6.45) is 10.9. The average Bonchev–Trinajstić information content (AvgIpc) is 3.69. The van der Waals surface area contributed by atoms with Crippen molar-refractivity contribution in [1.29, 1.82) is 0 Å². The van der Waals surface area contributed by atoms with E-state index in [1.807, 2.05) is 85.2 Å². The maximum atomic E-state index is 5.53. The third kappa shape index (κ3) is 7.71. The Kier molecular flexibility index (Phi) is 10.9. The smallest absolute Gasteiger partial charge is 0.161 e. The van der Waals surface area contributed by atoms with Crippen molar-refractivity contribution in [3.05, 3.63) is 254 Å². The molecular formula is C68H50N10. The van der Waals surface area contributed by atoms with Crippen molar-refractivity contribution < 1.29 is 0 Å². The summed E-state index contributed by atoms with van der Waals surface area (Å²) in [5, 5.41) is 1.80. The minimum Gasteiger partial charge on any atom is -0.310 e. The Morgan fingerprint density at radius 3 is 1.03 bits per heavy atom. The predicted octanol–water partition coefficient (Wildman–Crippen LogP) is 16.2. The highest BCUT2D eigenvalue weighted by Crippen LogP contribution is 2.56. The van der Waals surface area contributed by atoms with Gasteiger partial charge in [0.25, 0.3) is 0 Å². The van der Waals surface area contributed by atoms with E-state index in [0.29, 0.717) is 34.4 Å². The highest BCUT2D eigenvalue weighted by molar-refractivity contribution is 6.09. The summed E-state index contributed by atoms with van der Waals surface area (Å²) in [5.41, 5.74) is 18.0. The first-order chi connectivity index (χ1) is 38.2. The van der Waals surface area contributed by atoms with Crippen molar-refractivity contribution in [3.8, 4) is 68.1 Å². The minimum atomic E-state index is -0.291. The quantitative estimate of drug-likeness (QED) is 0.146. The third-order valence-corrected chi connectivity index (χ3v) is 15.5. The van der Waals surface area contributed by atoms with Gasteiger partial charge in [-0.2, -0.15) is 0 Å². The summed E-state index contributed by atoms with van der Waals surface area (Å²) in [7, 11) is 0. The summed E-state index contributed by atoms with van der Waals surface area (Å²) in [6, 6.07) is 67.9. The van der Waals surface area contributed by atoms with Gasteiger partial charge in [-0.1, -0.05) is 113 Å². The molecule has 10 heteroatoms. The number of hydrogen-bond donors (Lipinski definition) is 0. The zero-order valence-corrected chi connectivity index (χ0v) is 43.4. The van der Waals surface area contributed by atoms with Gasteiger partial charge in [-0.15, -0.1) is 0 Å². The van der Waals surface area contributed by atoms with Crippen LogP contribution in [0.3, 0.4) is 0 Å². The Labute approximate surface area is 452 Å². The molecule has 0 atom stereocenters. The zero-order valence-electron chi connectivity index (χ0n) is 43.4. The molecule has 0 amide bonds. The molecule has 12 aromatic rings. The topological polar surface area (TPSA) is 110 Å². The van der Waals surface area contributed by atoms with Gasteiger partial charge in [-0.3, -0.25) is 19.9 Å². The second kappa shape index (κ2) is 18.4. The van der Waals surface area contributed by atoms with Gasteiger partial charge < -0.3 is 9.80 Å². The summed E-state index contributed by atoms with van der Waals surface area (Å²) in [4.78, 5) is 45.7. The largest absolute Gasteiger partial charge is 0.310 e. The van der Waals surface area contributed by atoms with Crippen LogP contribution in [0, 0.1) is 0 Å². The van der Waals surface area contributed by atoms with E-state index < -0.39 is 0 Å². The maximum Gasteiger partial charge on any atom is 0.161 e. The van der Waals surface area contributed by atoms with Crippen LogP contribution in [0.25, 0.3) is 78.8 Å². The van der Waals surface area contributed by atoms with Crippen molar-refractivity contribution in [2.75, 3.05) is 9.80 Å². The number of fused-ring (bicyclic) bond motifs is 5. The molecule has 14 rings (SSSR count). The molecule has 0 N–H and O–H groups in total. The monoisotopic (exact) mass is 1010 g/mol. The fourth-order valence-corrected chi connectivity index (χ4v) is 11.7. The fourth-order valence-electron chi connectivity index (χ4n) is 11.7. The number of hydrogen-bond acceptors (Lipinski definition) is 10. The van der Waals surface area contributed by atoms with Gasteiger partial charge in [-0.05, 0) is 142 Å². The van der Waals surface area contributed by atoms with Gasteiger partial charge in [0.1, 0.15) is 0 Å². The zero-order chi connectivity index (χ0) is 52.5. The maximum absolute atomic E-state index is 5.53. The third-order valence-electron chi connectivity index (χ3n) is 15.5. The molecule has 0 saturated carbocycles. The van der Waals surface area contributed by atoms with Gasteiger partial charge in [0.2, 0.25) is 0 Å². The van der Waals surface area contributed by atoms with Crippen molar-refractivity contribution in [2.24, 2.45) is 0 Å². The minimum absolute atomic E-state index is 0.291. The second-order valence-electron chi connectivity index (χ2n) is 20.9. The Morgan fingerprint density at radius 2 is 0.679 bits per heavy atom. The predicted molar refractivity (Wildman–Crippen MR) is 313 cm³/mol. The molecule has 6 aromatic carbocycles. The molecule has 0 fully saturated rings. The Hall–Kier alpha value is -10.1. The highest BCUT2D eigenvalue weighted by Gasteiger charge is 2.39. The molecule has 0 bridgehead atoms. The van der Waals surface area contributed by atoms with Crippen LogP contribution in [0.4, 0.5) is 34.1 Å². The van der Waals surface area contributed by atoms with Crippen molar-refractivity contribution in [2.45, 2.75) is 38.5 Å².